The molecule has 0 unspecified atom stereocenters. The molecule has 0 aliphatic carbocycles. The van der Waals surface area contributed by atoms with Crippen LogP contribution in [0.3, 0.4) is 0 Å². The highest BCUT2D eigenvalue weighted by Gasteiger charge is 1.65. The Kier molecular flexibility index (Phi) is 4.10. The fraction of sp³-hybridized carbons (Fsp3) is 0.500. The molecule has 0 N–H and O–H groups in total. The van der Waals surface area contributed by atoms with Crippen molar-refractivity contribution in [2.75, 3.05) is 5.38 Å². The lowest BCUT2D eigenvalue weighted by atomic mass is 11.8. The van der Waals surface area contributed by atoms with Gasteiger partial charge in [0.25, 0.3) is 0 Å². The van der Waals surface area contributed by atoms with Gasteiger partial charge in [0, 0.05) is 10.2 Å². The molecule has 0 atom stereocenters. The molecule has 0 aliphatic rings. The van der Waals surface area contributed by atoms with Gasteiger partial charge < -0.3 is 0 Å². The second kappa shape index (κ2) is 4.06. The molecule has 0 bridgehead atoms. The summed E-state index contributed by atoms with van der Waals surface area (Å²) in [5.41, 5.74) is 0. The topological polar surface area (TPSA) is 23.8 Å². The Balaban J connectivity index is 2.48. The van der Waals surface area contributed by atoms with E-state index in [1.807, 2.05) is 5.40 Å². The Morgan fingerprint density at radius 3 is 2.60 bits per heavy atom. The molecule has 0 aromatic carbocycles. The predicted molar refractivity (Wildman–Crippen MR) is 28.0 cm³/mol. The van der Waals surface area contributed by atoms with Crippen LogP contribution in [0.1, 0.15) is 0 Å². The van der Waals surface area contributed by atoms with Crippen LogP contribution < -0.4 is 0 Å². The summed E-state index contributed by atoms with van der Waals surface area (Å²) in [6.07, 6.45) is 0. The quantitative estimate of drug-likeness (QED) is 0.331. The number of nitriles is 1. The summed E-state index contributed by atoms with van der Waals surface area (Å²) < 4.78 is 0. The minimum Gasteiger partial charge on any atom is -0.185 e. The number of thioether (sulfide) groups is 1. The lowest BCUT2D eigenvalue weighted by molar-refractivity contribution is 1.57. The van der Waals surface area contributed by atoms with Crippen molar-refractivity contribution >= 4 is 22.0 Å². The third-order valence-corrected chi connectivity index (χ3v) is 1.49. The van der Waals surface area contributed by atoms with Crippen LogP contribution in [0, 0.1) is 10.7 Å². The lowest BCUT2D eigenvalue weighted by Crippen LogP contribution is -1.63. The van der Waals surface area contributed by atoms with E-state index in [9.17, 15) is 0 Å². The number of rotatable bonds is 1. The minimum absolute atomic E-state index is 1.04. The highest BCUT2D eigenvalue weighted by Crippen LogP contribution is 1.86. The zero-order chi connectivity index (χ0) is 4.12. The summed E-state index contributed by atoms with van der Waals surface area (Å²) in [4.78, 5) is 0. The van der Waals surface area contributed by atoms with Crippen LogP contribution in [0.4, 0.5) is 0 Å². The van der Waals surface area contributed by atoms with Crippen molar-refractivity contribution in [1.82, 2.24) is 0 Å². The average Bonchev–Trinajstić information content (AvgIpc) is 1.41. The smallest absolute Gasteiger partial charge is 0.133 e. The molecule has 3 heteroatoms. The summed E-state index contributed by atoms with van der Waals surface area (Å²) in [6, 6.07) is 0. The van der Waals surface area contributed by atoms with Gasteiger partial charge in [0.2, 0.25) is 0 Å². The van der Waals surface area contributed by atoms with Crippen molar-refractivity contribution < 1.29 is 0 Å². The van der Waals surface area contributed by atoms with Crippen LogP contribution in [0.25, 0.3) is 0 Å². The predicted octanol–water partition coefficient (Wildman–Crippen LogP) is -0.476. The van der Waals surface area contributed by atoms with Gasteiger partial charge in [0.05, 0.1) is 0 Å². The molecule has 1 nitrogen and oxygen atoms in total. The van der Waals surface area contributed by atoms with Gasteiger partial charge in [-0.2, -0.15) is 5.26 Å². The summed E-state index contributed by atoms with van der Waals surface area (Å²) in [7, 11) is 1.14. The number of thiocyanates is 1. The molecular weight excluding hydrogens is 98.2 g/mol. The Morgan fingerprint density at radius 1 is 2.00 bits per heavy atom. The monoisotopic (exact) mass is 103 g/mol. The lowest BCUT2D eigenvalue weighted by Gasteiger charge is -1.65. The van der Waals surface area contributed by atoms with Crippen molar-refractivity contribution in [2.24, 2.45) is 0 Å². The van der Waals surface area contributed by atoms with E-state index in [1.54, 1.807) is 0 Å². The van der Waals surface area contributed by atoms with Crippen LogP contribution in [-0.2, 0) is 0 Å². The Bertz CT molecular complexity index is 48.1. The molecule has 0 radical (unpaired) electrons. The largest absolute Gasteiger partial charge is 0.185 e. The van der Waals surface area contributed by atoms with Gasteiger partial charge in [-0.1, -0.05) is 11.8 Å². The number of hydrogen-bond donors (Lipinski definition) is 0. The first-order valence-corrected chi connectivity index (χ1v) is 3.82. The first-order valence-electron chi connectivity index (χ1n) is 1.42. The molecule has 0 spiro atoms. The summed E-state index contributed by atoms with van der Waals surface area (Å²) >= 11 is 1.33. The second-order valence-electron chi connectivity index (χ2n) is 0.524. The zero-order valence-electron chi connectivity index (χ0n) is 3.06. The van der Waals surface area contributed by atoms with E-state index in [0.29, 0.717) is 0 Å². The number of hydrogen-bond acceptors (Lipinski definition) is 2. The van der Waals surface area contributed by atoms with Crippen molar-refractivity contribution in [2.45, 2.75) is 0 Å². The number of nitrogens with zero attached hydrogens (tertiary/aromatic N) is 1. The van der Waals surface area contributed by atoms with Crippen molar-refractivity contribution in [1.29, 1.82) is 5.26 Å². The fourth-order valence-corrected chi connectivity index (χ4v) is 0.581. The van der Waals surface area contributed by atoms with Crippen LogP contribution in [0.15, 0.2) is 0 Å². The average molecular weight is 103 g/mol. The summed E-state index contributed by atoms with van der Waals surface area (Å²) in [5.74, 6) is 0. The van der Waals surface area contributed by atoms with Crippen LogP contribution in [0.2, 0.25) is 0 Å². The van der Waals surface area contributed by atoms with Crippen LogP contribution in [-0.4, -0.2) is 15.6 Å². The van der Waals surface area contributed by atoms with E-state index in [2.05, 4.69) is 0 Å². The van der Waals surface area contributed by atoms with Gasteiger partial charge in [0.1, 0.15) is 5.40 Å². The highest BCUT2D eigenvalue weighted by molar-refractivity contribution is 8.04. The van der Waals surface area contributed by atoms with Gasteiger partial charge in [-0.3, -0.25) is 0 Å². The third-order valence-electron chi connectivity index (χ3n) is 0.209. The summed E-state index contributed by atoms with van der Waals surface area (Å²) in [5, 5.41) is 10.8. The maximum atomic E-state index is 7.80. The standard InChI is InChI=1S/C2H5NSSi/c3-1-4-2-5/h2H2,5H3. The maximum Gasteiger partial charge on any atom is 0.133 e. The molecule has 28 valence electrons. The van der Waals surface area contributed by atoms with Gasteiger partial charge in [-0.25, -0.2) is 0 Å². The van der Waals surface area contributed by atoms with E-state index in [-0.39, 0.29) is 0 Å². The Hall–Kier alpha value is 0.0569. The van der Waals surface area contributed by atoms with Crippen LogP contribution in [0.5, 0.6) is 0 Å². The molecule has 5 heavy (non-hydrogen) atoms. The molecule has 0 heterocycles. The van der Waals surface area contributed by atoms with E-state index in [0.717, 1.165) is 15.6 Å². The van der Waals surface area contributed by atoms with E-state index in [4.69, 9.17) is 5.26 Å². The molecule has 0 rings (SSSR count). The van der Waals surface area contributed by atoms with Gasteiger partial charge in [-0.05, 0) is 5.38 Å². The molecule has 0 amide bonds. The Morgan fingerprint density at radius 2 is 2.60 bits per heavy atom. The minimum atomic E-state index is 1.04. The molecule has 0 aliphatic heterocycles. The van der Waals surface area contributed by atoms with Gasteiger partial charge in [-0.15, -0.1) is 0 Å². The van der Waals surface area contributed by atoms with Crippen molar-refractivity contribution in [3.63, 3.8) is 0 Å². The normalized spacial score (nSPS) is 7.00. The molecular formula is C2H5NSSi. The van der Waals surface area contributed by atoms with E-state index < -0.39 is 0 Å². The van der Waals surface area contributed by atoms with E-state index >= 15 is 0 Å². The first-order chi connectivity index (χ1) is 2.41. The van der Waals surface area contributed by atoms with Gasteiger partial charge in [0.15, 0.2) is 0 Å². The molecule has 0 saturated heterocycles. The fourth-order valence-electron chi connectivity index (χ4n) is 0.0645. The second-order valence-corrected chi connectivity index (χ2v) is 3.30. The molecule has 0 aromatic rings. The first kappa shape index (κ1) is 5.06. The maximum absolute atomic E-state index is 7.80. The van der Waals surface area contributed by atoms with Gasteiger partial charge >= 0.3 is 0 Å². The molecule has 0 aromatic heterocycles. The van der Waals surface area contributed by atoms with E-state index in [1.165, 1.54) is 11.8 Å². The molecule has 0 fully saturated rings. The SMILES string of the molecule is N#CSC[SiH3]. The van der Waals surface area contributed by atoms with Crippen LogP contribution >= 0.6 is 11.8 Å². The Labute approximate surface area is 38.8 Å². The van der Waals surface area contributed by atoms with Crippen molar-refractivity contribution in [3.05, 3.63) is 0 Å². The van der Waals surface area contributed by atoms with Crippen molar-refractivity contribution in [3.8, 4) is 5.40 Å². The molecule has 0 saturated carbocycles. The summed E-state index contributed by atoms with van der Waals surface area (Å²) in [6.45, 7) is 0. The zero-order valence-corrected chi connectivity index (χ0v) is 5.88. The third kappa shape index (κ3) is 4.06. The highest BCUT2D eigenvalue weighted by atomic mass is 32.2.